The van der Waals surface area contributed by atoms with E-state index in [1.807, 2.05) is 0 Å². The van der Waals surface area contributed by atoms with Crippen LogP contribution in [0.3, 0.4) is 0 Å². The number of benzene rings is 1. The van der Waals surface area contributed by atoms with Crippen molar-refractivity contribution < 1.29 is 19.2 Å². The number of esters is 1. The summed E-state index contributed by atoms with van der Waals surface area (Å²) in [5, 5.41) is 13.2. The second-order valence-electron chi connectivity index (χ2n) is 4.75. The molecule has 1 atom stereocenters. The fraction of sp³-hybridized carbons (Fsp3) is 0.385. The molecule has 1 N–H and O–H groups in total. The van der Waals surface area contributed by atoms with Crippen molar-refractivity contribution in [3.8, 4) is 0 Å². The molecule has 1 aliphatic carbocycles. The molecule has 1 fully saturated rings. The van der Waals surface area contributed by atoms with Crippen molar-refractivity contribution in [2.24, 2.45) is 0 Å². The third kappa shape index (κ3) is 3.91. The monoisotopic (exact) mass is 312 g/mol. The standard InChI is InChI=1S/C13H13ClN2O5/c1-7(12(17)15-8-2-3-8)21-13(18)10-5-4-9(16(19)20)6-11(10)14/h4-8H,2-3H2,1H3,(H,15,17)/t7-/m0/s1. The Hall–Kier alpha value is -2.15. The number of non-ortho nitro benzene ring substituents is 1. The lowest BCUT2D eigenvalue weighted by Gasteiger charge is -2.13. The fourth-order valence-electron chi connectivity index (χ4n) is 1.61. The number of nitro benzene ring substituents is 1. The van der Waals surface area contributed by atoms with Gasteiger partial charge in [-0.3, -0.25) is 14.9 Å². The molecule has 0 aromatic heterocycles. The van der Waals surface area contributed by atoms with Crippen molar-refractivity contribution in [1.82, 2.24) is 5.32 Å². The third-order valence-electron chi connectivity index (χ3n) is 2.96. The van der Waals surface area contributed by atoms with Crippen LogP contribution < -0.4 is 5.32 Å². The zero-order valence-electron chi connectivity index (χ0n) is 11.2. The Labute approximate surface area is 125 Å². The zero-order chi connectivity index (χ0) is 15.6. The summed E-state index contributed by atoms with van der Waals surface area (Å²) in [6.45, 7) is 1.45. The van der Waals surface area contributed by atoms with E-state index < -0.39 is 17.0 Å². The van der Waals surface area contributed by atoms with E-state index in [1.54, 1.807) is 0 Å². The van der Waals surface area contributed by atoms with Gasteiger partial charge in [-0.05, 0) is 25.8 Å². The number of nitrogens with one attached hydrogen (secondary N) is 1. The summed E-state index contributed by atoms with van der Waals surface area (Å²) in [5.74, 6) is -1.17. The number of halogens is 1. The van der Waals surface area contributed by atoms with Crippen LogP contribution in [0.4, 0.5) is 5.69 Å². The topological polar surface area (TPSA) is 98.5 Å². The molecule has 1 saturated carbocycles. The predicted octanol–water partition coefficient (Wildman–Crippen LogP) is 2.07. The second kappa shape index (κ2) is 6.09. The van der Waals surface area contributed by atoms with Crippen LogP contribution >= 0.6 is 11.6 Å². The van der Waals surface area contributed by atoms with Crippen LogP contribution in [0.25, 0.3) is 0 Å². The maximum Gasteiger partial charge on any atom is 0.340 e. The Morgan fingerprint density at radius 3 is 2.67 bits per heavy atom. The molecule has 0 heterocycles. The number of amides is 1. The van der Waals surface area contributed by atoms with Crippen LogP contribution in [0.15, 0.2) is 18.2 Å². The van der Waals surface area contributed by atoms with Gasteiger partial charge < -0.3 is 10.1 Å². The number of carbonyl (C=O) groups excluding carboxylic acids is 2. The first-order valence-electron chi connectivity index (χ1n) is 6.34. The summed E-state index contributed by atoms with van der Waals surface area (Å²) in [6.07, 6.45) is 0.908. The van der Waals surface area contributed by atoms with Gasteiger partial charge >= 0.3 is 5.97 Å². The SMILES string of the molecule is C[C@H](OC(=O)c1ccc([N+](=O)[O-])cc1Cl)C(=O)NC1CC1. The van der Waals surface area contributed by atoms with Crippen molar-refractivity contribution in [3.05, 3.63) is 38.9 Å². The highest BCUT2D eigenvalue weighted by Crippen LogP contribution is 2.23. The van der Waals surface area contributed by atoms with Crippen LogP contribution in [-0.4, -0.2) is 28.9 Å². The first-order valence-corrected chi connectivity index (χ1v) is 6.71. The summed E-state index contributed by atoms with van der Waals surface area (Å²) < 4.78 is 5.00. The minimum Gasteiger partial charge on any atom is -0.449 e. The quantitative estimate of drug-likeness (QED) is 0.510. The van der Waals surface area contributed by atoms with E-state index in [2.05, 4.69) is 5.32 Å². The Balaban J connectivity index is 2.02. The Bertz CT molecular complexity index is 600. The average molecular weight is 313 g/mol. The first-order chi connectivity index (χ1) is 9.88. The van der Waals surface area contributed by atoms with Gasteiger partial charge in [-0.2, -0.15) is 0 Å². The van der Waals surface area contributed by atoms with Crippen LogP contribution in [0.2, 0.25) is 5.02 Å². The molecule has 0 spiro atoms. The number of rotatable bonds is 5. The zero-order valence-corrected chi connectivity index (χ0v) is 11.9. The molecule has 7 nitrogen and oxygen atoms in total. The number of carbonyl (C=O) groups is 2. The molecule has 112 valence electrons. The summed E-state index contributed by atoms with van der Waals surface area (Å²) >= 11 is 5.82. The highest BCUT2D eigenvalue weighted by molar-refractivity contribution is 6.33. The van der Waals surface area contributed by atoms with Gasteiger partial charge in [-0.15, -0.1) is 0 Å². The molecule has 0 bridgehead atoms. The predicted molar refractivity (Wildman–Crippen MR) is 74.1 cm³/mol. The van der Waals surface area contributed by atoms with Crippen molar-refractivity contribution >= 4 is 29.2 Å². The van der Waals surface area contributed by atoms with Gasteiger partial charge in [0, 0.05) is 18.2 Å². The number of nitro groups is 1. The first kappa shape index (κ1) is 15.2. The highest BCUT2D eigenvalue weighted by Gasteiger charge is 2.28. The smallest absolute Gasteiger partial charge is 0.340 e. The Morgan fingerprint density at radius 1 is 1.48 bits per heavy atom. The van der Waals surface area contributed by atoms with Crippen LogP contribution in [0.5, 0.6) is 0 Å². The molecule has 0 aliphatic heterocycles. The average Bonchev–Trinajstić information content (AvgIpc) is 3.21. The maximum atomic E-state index is 11.9. The van der Waals surface area contributed by atoms with Crippen molar-refractivity contribution in [2.75, 3.05) is 0 Å². The van der Waals surface area contributed by atoms with Gasteiger partial charge in [0.2, 0.25) is 0 Å². The minimum atomic E-state index is -0.954. The summed E-state index contributed by atoms with van der Waals surface area (Å²) in [4.78, 5) is 33.6. The van der Waals surface area contributed by atoms with Crippen LogP contribution in [0.1, 0.15) is 30.1 Å². The molecular formula is C13H13ClN2O5. The van der Waals surface area contributed by atoms with Crippen molar-refractivity contribution in [2.45, 2.75) is 31.9 Å². The minimum absolute atomic E-state index is 0.0201. The van der Waals surface area contributed by atoms with Gasteiger partial charge in [-0.25, -0.2) is 4.79 Å². The number of hydrogen-bond donors (Lipinski definition) is 1. The number of ether oxygens (including phenoxy) is 1. The number of hydrogen-bond acceptors (Lipinski definition) is 5. The lowest BCUT2D eigenvalue weighted by molar-refractivity contribution is -0.384. The van der Waals surface area contributed by atoms with E-state index >= 15 is 0 Å². The molecule has 1 aromatic rings. The molecule has 1 aliphatic rings. The Morgan fingerprint density at radius 2 is 2.14 bits per heavy atom. The molecular weight excluding hydrogens is 300 g/mol. The summed E-state index contributed by atoms with van der Waals surface area (Å²) in [7, 11) is 0. The van der Waals surface area contributed by atoms with E-state index in [9.17, 15) is 19.7 Å². The molecule has 2 rings (SSSR count). The molecule has 0 unspecified atom stereocenters. The van der Waals surface area contributed by atoms with Gasteiger partial charge in [0.15, 0.2) is 6.10 Å². The maximum absolute atomic E-state index is 11.9. The molecule has 21 heavy (non-hydrogen) atoms. The summed E-state index contributed by atoms with van der Waals surface area (Å²) in [5.41, 5.74) is -0.246. The molecule has 1 amide bonds. The van der Waals surface area contributed by atoms with Gasteiger partial charge in [0.05, 0.1) is 15.5 Å². The Kier molecular flexibility index (Phi) is 4.42. The lowest BCUT2D eigenvalue weighted by atomic mass is 10.2. The van der Waals surface area contributed by atoms with Crippen molar-refractivity contribution in [3.63, 3.8) is 0 Å². The largest absolute Gasteiger partial charge is 0.449 e. The summed E-state index contributed by atoms with van der Waals surface area (Å²) in [6, 6.07) is 3.58. The van der Waals surface area contributed by atoms with E-state index in [-0.39, 0.29) is 28.2 Å². The molecule has 0 radical (unpaired) electrons. The van der Waals surface area contributed by atoms with E-state index in [1.165, 1.54) is 13.0 Å². The molecule has 0 saturated heterocycles. The number of nitrogens with zero attached hydrogens (tertiary/aromatic N) is 1. The van der Waals surface area contributed by atoms with Gasteiger partial charge in [-0.1, -0.05) is 11.6 Å². The van der Waals surface area contributed by atoms with E-state index in [4.69, 9.17) is 16.3 Å². The normalized spacial score (nSPS) is 15.1. The van der Waals surface area contributed by atoms with Crippen LogP contribution in [0, 0.1) is 10.1 Å². The van der Waals surface area contributed by atoms with E-state index in [0.717, 1.165) is 25.0 Å². The highest BCUT2D eigenvalue weighted by atomic mass is 35.5. The lowest BCUT2D eigenvalue weighted by Crippen LogP contribution is -2.37. The molecule has 1 aromatic carbocycles. The van der Waals surface area contributed by atoms with Crippen molar-refractivity contribution in [1.29, 1.82) is 0 Å². The van der Waals surface area contributed by atoms with Crippen LogP contribution in [-0.2, 0) is 9.53 Å². The second-order valence-corrected chi connectivity index (χ2v) is 5.16. The van der Waals surface area contributed by atoms with Gasteiger partial charge in [0.1, 0.15) is 0 Å². The third-order valence-corrected chi connectivity index (χ3v) is 3.27. The molecule has 8 heteroatoms. The van der Waals surface area contributed by atoms with E-state index in [0.29, 0.717) is 0 Å². The van der Waals surface area contributed by atoms with Gasteiger partial charge in [0.25, 0.3) is 11.6 Å². The fourth-order valence-corrected chi connectivity index (χ4v) is 1.86.